The van der Waals surface area contributed by atoms with Crippen LogP contribution in [0.4, 0.5) is 11.6 Å². The van der Waals surface area contributed by atoms with E-state index in [9.17, 15) is 19.8 Å². The van der Waals surface area contributed by atoms with E-state index in [1.807, 2.05) is 24.3 Å². The molecule has 0 bridgehead atoms. The van der Waals surface area contributed by atoms with Crippen molar-refractivity contribution >= 4 is 29.0 Å². The lowest BCUT2D eigenvalue weighted by Gasteiger charge is -2.32. The Morgan fingerprint density at radius 1 is 1.12 bits per heavy atom. The van der Waals surface area contributed by atoms with Crippen LogP contribution in [0.5, 0.6) is 0 Å². The number of likely N-dealkylation sites (N-methyl/N-ethyl adjacent to an activating group) is 2. The van der Waals surface area contributed by atoms with Crippen molar-refractivity contribution < 1.29 is 19.8 Å². The highest BCUT2D eigenvalue weighted by atomic mass is 16.3. The summed E-state index contributed by atoms with van der Waals surface area (Å²) in [4.78, 5) is 35.5. The smallest absolute Gasteiger partial charge is 0.276 e. The van der Waals surface area contributed by atoms with Crippen LogP contribution in [0, 0.1) is 5.41 Å². The summed E-state index contributed by atoms with van der Waals surface area (Å²) in [5, 5.41) is 29.3. The number of fused-ring (bicyclic) bond motifs is 4. The minimum Gasteiger partial charge on any atom is -0.392 e. The Labute approximate surface area is 249 Å². The van der Waals surface area contributed by atoms with Crippen molar-refractivity contribution in [2.75, 3.05) is 30.9 Å². The number of amides is 2. The van der Waals surface area contributed by atoms with Crippen LogP contribution in [-0.4, -0.2) is 78.0 Å². The molecule has 3 N–H and O–H groups in total. The zero-order valence-corrected chi connectivity index (χ0v) is 24.8. The van der Waals surface area contributed by atoms with E-state index in [1.165, 1.54) is 11.3 Å². The van der Waals surface area contributed by atoms with Gasteiger partial charge in [0.2, 0.25) is 5.91 Å². The Morgan fingerprint density at radius 3 is 2.72 bits per heavy atom. The zero-order valence-electron chi connectivity index (χ0n) is 24.8. The monoisotopic (exact) mass is 584 g/mol. The molecule has 7 rings (SSSR count). The molecule has 0 spiro atoms. The third-order valence-corrected chi connectivity index (χ3v) is 8.95. The van der Waals surface area contributed by atoms with Gasteiger partial charge in [0.15, 0.2) is 12.0 Å². The van der Waals surface area contributed by atoms with Gasteiger partial charge < -0.3 is 29.9 Å². The second-order valence-corrected chi connectivity index (χ2v) is 12.7. The van der Waals surface area contributed by atoms with E-state index in [0.29, 0.717) is 53.8 Å². The minimum absolute atomic E-state index is 0.0116. The number of aliphatic hydroxyl groups is 2. The summed E-state index contributed by atoms with van der Waals surface area (Å²) in [7, 11) is 3.52. The maximum atomic E-state index is 13.8. The van der Waals surface area contributed by atoms with Crippen molar-refractivity contribution in [2.24, 2.45) is 5.41 Å². The van der Waals surface area contributed by atoms with E-state index >= 15 is 0 Å². The molecule has 3 aromatic heterocycles. The van der Waals surface area contributed by atoms with Crippen LogP contribution in [0.3, 0.4) is 0 Å². The highest BCUT2D eigenvalue weighted by Crippen LogP contribution is 2.40. The van der Waals surface area contributed by atoms with Crippen LogP contribution in [0.2, 0.25) is 0 Å². The fourth-order valence-corrected chi connectivity index (χ4v) is 6.80. The Bertz CT molecular complexity index is 1730. The average molecular weight is 585 g/mol. The first-order valence-corrected chi connectivity index (χ1v) is 14.6. The summed E-state index contributed by atoms with van der Waals surface area (Å²) < 4.78 is 3.83. The normalized spacial score (nSPS) is 21.0. The number of hydrogen-bond acceptors (Lipinski definition) is 8. The van der Waals surface area contributed by atoms with Gasteiger partial charge >= 0.3 is 0 Å². The highest BCUT2D eigenvalue weighted by Gasteiger charge is 2.37. The number of nitrogens with one attached hydrogen (secondary N) is 1. The molecule has 6 heterocycles. The first kappa shape index (κ1) is 27.4. The predicted octanol–water partition coefficient (Wildman–Crippen LogP) is 1.93. The van der Waals surface area contributed by atoms with Gasteiger partial charge in [-0.1, -0.05) is 13.8 Å². The summed E-state index contributed by atoms with van der Waals surface area (Å²) in [6.45, 7) is 5.96. The summed E-state index contributed by atoms with van der Waals surface area (Å²) in [6.07, 6.45) is 6.21. The molecule has 12 nitrogen and oxygen atoms in total. The van der Waals surface area contributed by atoms with Gasteiger partial charge in [-0.2, -0.15) is 5.10 Å². The summed E-state index contributed by atoms with van der Waals surface area (Å²) in [5.41, 5.74) is 6.74. The largest absolute Gasteiger partial charge is 0.392 e. The van der Waals surface area contributed by atoms with Gasteiger partial charge in [0.25, 0.3) is 5.91 Å². The molecule has 3 aromatic rings. The van der Waals surface area contributed by atoms with Crippen molar-refractivity contribution in [3.05, 3.63) is 76.1 Å². The molecule has 224 valence electrons. The molecule has 0 saturated heterocycles. The molecule has 43 heavy (non-hydrogen) atoms. The molecular formula is C31H36N8O4. The zero-order chi connectivity index (χ0) is 30.2. The van der Waals surface area contributed by atoms with Crippen molar-refractivity contribution in [1.82, 2.24) is 29.1 Å². The number of hydrogen-bond donors (Lipinski definition) is 3. The van der Waals surface area contributed by atoms with Gasteiger partial charge in [0.05, 0.1) is 24.5 Å². The van der Waals surface area contributed by atoms with Crippen LogP contribution >= 0.6 is 0 Å². The number of anilines is 2. The number of carbonyl (C=O) groups is 2. The lowest BCUT2D eigenvalue weighted by Crippen LogP contribution is -2.41. The Kier molecular flexibility index (Phi) is 6.26. The van der Waals surface area contributed by atoms with Crippen LogP contribution in [-0.2, 0) is 43.9 Å². The Morgan fingerprint density at radius 2 is 1.93 bits per heavy atom. The van der Waals surface area contributed by atoms with Crippen LogP contribution in [0.25, 0.3) is 5.57 Å². The predicted molar refractivity (Wildman–Crippen MR) is 160 cm³/mol. The first-order chi connectivity index (χ1) is 20.5. The Balaban J connectivity index is 1.19. The molecule has 3 aliphatic heterocycles. The van der Waals surface area contributed by atoms with Gasteiger partial charge in [-0.15, -0.1) is 0 Å². The van der Waals surface area contributed by atoms with E-state index in [2.05, 4.69) is 33.8 Å². The molecule has 4 aliphatic rings. The third-order valence-electron chi connectivity index (χ3n) is 8.95. The summed E-state index contributed by atoms with van der Waals surface area (Å²) in [6, 6.07) is 5.71. The number of aliphatic hydroxyl groups excluding tert-OH is 2. The van der Waals surface area contributed by atoms with Crippen molar-refractivity contribution in [3.8, 4) is 0 Å². The lowest BCUT2D eigenvalue weighted by molar-refractivity contribution is -0.132. The van der Waals surface area contributed by atoms with Crippen LogP contribution < -0.4 is 10.2 Å². The van der Waals surface area contributed by atoms with Crippen LogP contribution in [0.15, 0.2) is 42.4 Å². The number of allylic oxidation sites excluding steroid dienone is 2. The molecule has 0 saturated carbocycles. The minimum atomic E-state index is -0.964. The summed E-state index contributed by atoms with van der Waals surface area (Å²) in [5.74, 6) is 0.829. The molecule has 1 atom stereocenters. The van der Waals surface area contributed by atoms with E-state index in [0.717, 1.165) is 24.1 Å². The lowest BCUT2D eigenvalue weighted by atomic mass is 9.90. The molecule has 0 aromatic carbocycles. The number of rotatable bonds is 5. The topological polar surface area (TPSA) is 132 Å². The van der Waals surface area contributed by atoms with E-state index < -0.39 is 6.23 Å². The molecular weight excluding hydrogens is 548 g/mol. The van der Waals surface area contributed by atoms with E-state index in [4.69, 9.17) is 0 Å². The average Bonchev–Trinajstić information content (AvgIpc) is 3.60. The van der Waals surface area contributed by atoms with Crippen molar-refractivity contribution in [2.45, 2.75) is 59.2 Å². The van der Waals surface area contributed by atoms with Gasteiger partial charge in [-0.05, 0) is 47.6 Å². The quantitative estimate of drug-likeness (QED) is 0.415. The number of carbonyl (C=O) groups excluding carboxylic acids is 2. The van der Waals surface area contributed by atoms with Gasteiger partial charge in [0.1, 0.15) is 18.1 Å². The summed E-state index contributed by atoms with van der Waals surface area (Å²) >= 11 is 0. The fourth-order valence-electron chi connectivity index (χ4n) is 6.80. The maximum Gasteiger partial charge on any atom is 0.276 e. The number of aromatic nitrogens is 4. The molecule has 2 amide bonds. The third kappa shape index (κ3) is 4.52. The SMILES string of the molecule is CN1Cc2cc(NC3=CC(c4ccnc(N5CCn6c(cc7c6CC(C)(C)C7)C5=O)c4CO)=CN(C)C3O)nn2CC1=O. The van der Waals surface area contributed by atoms with Gasteiger partial charge in [-0.25, -0.2) is 4.98 Å². The highest BCUT2D eigenvalue weighted by molar-refractivity contribution is 6.06. The van der Waals surface area contributed by atoms with E-state index in [1.54, 1.807) is 45.9 Å². The number of pyridine rings is 1. The molecule has 1 aliphatic carbocycles. The maximum absolute atomic E-state index is 13.8. The fraction of sp³-hybridized carbons (Fsp3) is 0.419. The Hall–Kier alpha value is -4.42. The second kappa shape index (κ2) is 9.81. The number of nitrogens with zero attached hydrogens (tertiary/aromatic N) is 7. The molecule has 12 heteroatoms. The molecule has 0 radical (unpaired) electrons. The first-order valence-electron chi connectivity index (χ1n) is 14.6. The van der Waals surface area contributed by atoms with E-state index in [-0.39, 0.29) is 30.4 Å². The van der Waals surface area contributed by atoms with Crippen molar-refractivity contribution in [3.63, 3.8) is 0 Å². The van der Waals surface area contributed by atoms with Gasteiger partial charge in [-0.3, -0.25) is 19.2 Å². The molecule has 1 unspecified atom stereocenters. The van der Waals surface area contributed by atoms with Crippen molar-refractivity contribution in [1.29, 1.82) is 0 Å². The van der Waals surface area contributed by atoms with Gasteiger partial charge in [0, 0.05) is 62.5 Å². The van der Waals surface area contributed by atoms with Crippen LogP contribution in [0.1, 0.15) is 52.4 Å². The molecule has 0 fully saturated rings. The standard InChI is InChI=1S/C31H36N8O4/c1-31(2)12-18-10-24-30(43)38(8-7-37(24)25(18)13-31)28-22(17-40)21(5-6-32-28)19-9-23(29(42)36(4)14-19)33-26-11-20-15-35(3)27(41)16-39(20)34-26/h5-6,9-11,14,29,40,42H,7-8,12-13,15-17H2,1-4H3,(H,33,34). The second-order valence-electron chi connectivity index (χ2n) is 12.7.